The Hall–Kier alpha value is -2.30. The second-order valence-electron chi connectivity index (χ2n) is 7.86. The Labute approximate surface area is 185 Å². The molecule has 0 aliphatic carbocycles. The first-order valence-electron chi connectivity index (χ1n) is 10.00. The summed E-state index contributed by atoms with van der Waals surface area (Å²) in [7, 11) is -2.15. The molecule has 1 saturated heterocycles. The van der Waals surface area contributed by atoms with Crippen LogP contribution in [0.4, 0.5) is 5.69 Å². The van der Waals surface area contributed by atoms with Crippen molar-refractivity contribution >= 4 is 33.4 Å². The number of benzene rings is 1. The standard InChI is InChI=1S/C21H25N3O5S2/c1-29-16-3-5-17(6-4-16)31(27,28)23-10-14-9-15(12-23)21-18(22-19(25)13-30-2)7-8-20(26)24(21)11-14/h3-8,14-15H,9-13H2,1-2H3,(H,22,25)/t14-,15-/m1/s1. The van der Waals surface area contributed by atoms with Crippen molar-refractivity contribution in [1.82, 2.24) is 8.87 Å². The molecule has 10 heteroatoms. The minimum absolute atomic E-state index is 0.0362. The van der Waals surface area contributed by atoms with Crippen LogP contribution in [0.2, 0.25) is 0 Å². The van der Waals surface area contributed by atoms with Crippen LogP contribution in [-0.4, -0.2) is 55.4 Å². The first kappa shape index (κ1) is 21.9. The molecule has 1 N–H and O–H groups in total. The summed E-state index contributed by atoms with van der Waals surface area (Å²) in [4.78, 5) is 24.9. The number of rotatable bonds is 6. The minimum Gasteiger partial charge on any atom is -0.497 e. The summed E-state index contributed by atoms with van der Waals surface area (Å²) in [6.07, 6.45) is 2.63. The molecule has 1 fully saturated rings. The van der Waals surface area contributed by atoms with Crippen molar-refractivity contribution in [3.05, 3.63) is 52.4 Å². The van der Waals surface area contributed by atoms with Gasteiger partial charge in [-0.05, 0) is 48.9 Å². The molecular formula is C21H25N3O5S2. The Morgan fingerprint density at radius 2 is 1.90 bits per heavy atom. The van der Waals surface area contributed by atoms with Crippen LogP contribution in [0.15, 0.2) is 46.1 Å². The molecule has 2 atom stereocenters. The smallest absolute Gasteiger partial charge is 0.250 e. The Kier molecular flexibility index (Phi) is 6.14. The van der Waals surface area contributed by atoms with Crippen molar-refractivity contribution in [1.29, 1.82) is 0 Å². The summed E-state index contributed by atoms with van der Waals surface area (Å²) in [5, 5.41) is 2.90. The monoisotopic (exact) mass is 463 g/mol. The van der Waals surface area contributed by atoms with E-state index in [0.717, 1.165) is 6.42 Å². The lowest BCUT2D eigenvalue weighted by atomic mass is 9.83. The molecule has 0 unspecified atom stereocenters. The van der Waals surface area contributed by atoms with Gasteiger partial charge in [0.2, 0.25) is 15.9 Å². The second-order valence-corrected chi connectivity index (χ2v) is 10.7. The van der Waals surface area contributed by atoms with Gasteiger partial charge in [-0.1, -0.05) is 0 Å². The van der Waals surface area contributed by atoms with Crippen LogP contribution < -0.4 is 15.6 Å². The number of carbonyl (C=O) groups excluding carboxylic acids is 1. The van der Waals surface area contributed by atoms with Crippen LogP contribution in [-0.2, 0) is 21.4 Å². The van der Waals surface area contributed by atoms with Crippen molar-refractivity contribution in [2.24, 2.45) is 5.92 Å². The number of piperidine rings is 1. The van der Waals surface area contributed by atoms with Gasteiger partial charge in [0.05, 0.1) is 23.4 Å². The Morgan fingerprint density at radius 1 is 1.16 bits per heavy atom. The average molecular weight is 464 g/mol. The topological polar surface area (TPSA) is 97.7 Å². The fourth-order valence-corrected chi connectivity index (χ4v) is 6.38. The number of ether oxygens (including phenoxy) is 1. The van der Waals surface area contributed by atoms with Crippen molar-refractivity contribution in [3.8, 4) is 5.75 Å². The fraction of sp³-hybridized carbons (Fsp3) is 0.429. The maximum Gasteiger partial charge on any atom is 0.250 e. The molecule has 8 nitrogen and oxygen atoms in total. The third-order valence-electron chi connectivity index (χ3n) is 5.80. The second kappa shape index (κ2) is 8.68. The number of fused-ring (bicyclic) bond motifs is 4. The lowest BCUT2D eigenvalue weighted by Gasteiger charge is -2.42. The number of pyridine rings is 1. The molecule has 1 aromatic carbocycles. The number of methoxy groups -OCH3 is 1. The van der Waals surface area contributed by atoms with E-state index in [1.165, 1.54) is 29.2 Å². The van der Waals surface area contributed by atoms with Crippen molar-refractivity contribution < 1.29 is 17.9 Å². The number of nitrogens with zero attached hydrogens (tertiary/aromatic N) is 2. The number of anilines is 1. The summed E-state index contributed by atoms with van der Waals surface area (Å²) in [5.41, 5.74) is 1.18. The Bertz CT molecular complexity index is 1140. The van der Waals surface area contributed by atoms with Gasteiger partial charge in [-0.3, -0.25) is 9.59 Å². The lowest BCUT2D eigenvalue weighted by molar-refractivity contribution is -0.113. The first-order chi connectivity index (χ1) is 14.8. The van der Waals surface area contributed by atoms with E-state index in [2.05, 4.69) is 5.32 Å². The summed E-state index contributed by atoms with van der Waals surface area (Å²) < 4.78 is 34.9. The zero-order valence-electron chi connectivity index (χ0n) is 17.4. The zero-order valence-corrected chi connectivity index (χ0v) is 19.0. The van der Waals surface area contributed by atoms with E-state index in [1.54, 1.807) is 34.9 Å². The van der Waals surface area contributed by atoms with Crippen LogP contribution in [0.1, 0.15) is 18.0 Å². The quantitative estimate of drug-likeness (QED) is 0.703. The highest BCUT2D eigenvalue weighted by atomic mass is 32.2. The highest BCUT2D eigenvalue weighted by Crippen LogP contribution is 2.40. The van der Waals surface area contributed by atoms with E-state index < -0.39 is 10.0 Å². The number of amides is 1. The molecule has 4 rings (SSSR count). The maximum absolute atomic E-state index is 13.3. The summed E-state index contributed by atoms with van der Waals surface area (Å²) in [6, 6.07) is 9.45. The van der Waals surface area contributed by atoms with Gasteiger partial charge in [0.15, 0.2) is 0 Å². The van der Waals surface area contributed by atoms with Crippen LogP contribution in [0.3, 0.4) is 0 Å². The van der Waals surface area contributed by atoms with E-state index in [4.69, 9.17) is 4.74 Å². The molecule has 0 spiro atoms. The third-order valence-corrected chi connectivity index (χ3v) is 8.20. The van der Waals surface area contributed by atoms with E-state index in [-0.39, 0.29) is 34.7 Å². The van der Waals surface area contributed by atoms with Gasteiger partial charge in [-0.15, -0.1) is 0 Å². The predicted octanol–water partition coefficient (Wildman–Crippen LogP) is 1.97. The molecule has 3 heterocycles. The van der Waals surface area contributed by atoms with Gasteiger partial charge in [-0.2, -0.15) is 16.1 Å². The largest absolute Gasteiger partial charge is 0.497 e. The van der Waals surface area contributed by atoms with Gasteiger partial charge >= 0.3 is 0 Å². The van der Waals surface area contributed by atoms with Crippen LogP contribution in [0, 0.1) is 5.92 Å². The van der Waals surface area contributed by atoms with E-state index in [9.17, 15) is 18.0 Å². The number of hydrogen-bond donors (Lipinski definition) is 1. The predicted molar refractivity (Wildman–Crippen MR) is 120 cm³/mol. The molecule has 1 aromatic heterocycles. The minimum atomic E-state index is -3.69. The molecule has 2 bridgehead atoms. The first-order valence-corrected chi connectivity index (χ1v) is 12.8. The number of carbonyl (C=O) groups is 1. The fourth-order valence-electron chi connectivity index (χ4n) is 4.49. The number of thioether (sulfide) groups is 1. The van der Waals surface area contributed by atoms with Crippen molar-refractivity contribution in [2.45, 2.75) is 23.8 Å². The van der Waals surface area contributed by atoms with Gasteiger partial charge in [-0.25, -0.2) is 8.42 Å². The zero-order chi connectivity index (χ0) is 22.2. The number of sulfonamides is 1. The highest BCUT2D eigenvalue weighted by Gasteiger charge is 2.40. The summed E-state index contributed by atoms with van der Waals surface area (Å²) >= 11 is 1.41. The van der Waals surface area contributed by atoms with Crippen molar-refractivity contribution in [3.63, 3.8) is 0 Å². The van der Waals surface area contributed by atoms with Gasteiger partial charge in [0.25, 0.3) is 5.56 Å². The molecule has 0 saturated carbocycles. The molecular weight excluding hydrogens is 438 g/mol. The van der Waals surface area contributed by atoms with Gasteiger partial charge in [0, 0.05) is 37.3 Å². The molecule has 2 aliphatic rings. The van der Waals surface area contributed by atoms with E-state index >= 15 is 0 Å². The van der Waals surface area contributed by atoms with Crippen LogP contribution in [0.25, 0.3) is 0 Å². The van der Waals surface area contributed by atoms with E-state index in [0.29, 0.717) is 36.0 Å². The molecule has 1 amide bonds. The Balaban J connectivity index is 1.66. The van der Waals surface area contributed by atoms with Crippen molar-refractivity contribution in [2.75, 3.05) is 37.5 Å². The van der Waals surface area contributed by atoms with Gasteiger partial charge in [0.1, 0.15) is 5.75 Å². The van der Waals surface area contributed by atoms with Crippen LogP contribution in [0.5, 0.6) is 5.75 Å². The summed E-state index contributed by atoms with van der Waals surface area (Å²) in [6.45, 7) is 1.06. The average Bonchev–Trinajstić information content (AvgIpc) is 2.75. The van der Waals surface area contributed by atoms with Crippen LogP contribution >= 0.6 is 11.8 Å². The normalized spacial score (nSPS) is 20.7. The third kappa shape index (κ3) is 4.24. The Morgan fingerprint density at radius 3 is 2.58 bits per heavy atom. The number of hydrogen-bond acceptors (Lipinski definition) is 6. The molecule has 31 heavy (non-hydrogen) atoms. The molecule has 2 aromatic rings. The van der Waals surface area contributed by atoms with E-state index in [1.807, 2.05) is 6.26 Å². The molecule has 0 radical (unpaired) electrons. The van der Waals surface area contributed by atoms with Gasteiger partial charge < -0.3 is 14.6 Å². The maximum atomic E-state index is 13.3. The number of nitrogens with one attached hydrogen (secondary N) is 1. The number of aromatic nitrogens is 1. The summed E-state index contributed by atoms with van der Waals surface area (Å²) in [5.74, 6) is 0.625. The molecule has 166 valence electrons. The SMILES string of the molecule is COc1ccc(S(=O)(=O)N2C[C@H]3C[C@H](C2)c2c(NC(=O)CSC)ccc(=O)n2C3)cc1. The molecule has 2 aliphatic heterocycles. The highest BCUT2D eigenvalue weighted by molar-refractivity contribution is 7.99. The lowest BCUT2D eigenvalue weighted by Crippen LogP contribution is -2.49.